The Balaban J connectivity index is 1.68. The molecule has 0 aromatic carbocycles. The van der Waals surface area contributed by atoms with Crippen LogP contribution in [0.4, 0.5) is 14.6 Å². The fraction of sp³-hybridized carbons (Fsp3) is 0.391. The van der Waals surface area contributed by atoms with Crippen LogP contribution in [0.3, 0.4) is 0 Å². The summed E-state index contributed by atoms with van der Waals surface area (Å²) >= 11 is 0. The first-order valence-electron chi connectivity index (χ1n) is 10.5. The van der Waals surface area contributed by atoms with Crippen LogP contribution in [0.15, 0.2) is 35.4 Å². The van der Waals surface area contributed by atoms with E-state index in [2.05, 4.69) is 15.3 Å². The number of halogens is 2. The molecule has 32 heavy (non-hydrogen) atoms. The van der Waals surface area contributed by atoms with Crippen LogP contribution in [0.25, 0.3) is 22.0 Å². The summed E-state index contributed by atoms with van der Waals surface area (Å²) in [6.45, 7) is 3.84. The van der Waals surface area contributed by atoms with Crippen molar-refractivity contribution in [2.45, 2.75) is 45.1 Å². The van der Waals surface area contributed by atoms with Crippen LogP contribution in [-0.2, 0) is 11.8 Å². The van der Waals surface area contributed by atoms with E-state index >= 15 is 0 Å². The maximum absolute atomic E-state index is 13.1. The van der Waals surface area contributed by atoms with Gasteiger partial charge in [0.2, 0.25) is 5.91 Å². The first-order valence-corrected chi connectivity index (χ1v) is 10.5. The number of pyridine rings is 3. The quantitative estimate of drug-likeness (QED) is 0.606. The van der Waals surface area contributed by atoms with E-state index in [1.54, 1.807) is 25.4 Å². The second kappa shape index (κ2) is 8.05. The number of carbonyl (C=O) groups excluding carboxylic acids is 1. The topological polar surface area (TPSA) is 97.1 Å². The molecule has 3 aromatic heterocycles. The molecule has 3 heterocycles. The first kappa shape index (κ1) is 22.0. The molecule has 0 bridgehead atoms. The van der Waals surface area contributed by atoms with Gasteiger partial charge in [0.1, 0.15) is 11.7 Å². The number of amides is 1. The molecular formula is C23H24F2N4O3. The van der Waals surface area contributed by atoms with E-state index < -0.39 is 30.3 Å². The molecule has 7 nitrogen and oxygen atoms in total. The SMILES string of the molecule is CCC[C@H](O)c1cc(C)c(-c2cc3cnc(NC(=O)[C@H]4CC4(F)F)cc3n(C)c2=O)cn1. The zero-order valence-electron chi connectivity index (χ0n) is 18.0. The van der Waals surface area contributed by atoms with E-state index in [0.29, 0.717) is 34.1 Å². The van der Waals surface area contributed by atoms with E-state index in [9.17, 15) is 23.5 Å². The number of hydrogen-bond donors (Lipinski definition) is 2. The number of hydrogen-bond acceptors (Lipinski definition) is 5. The van der Waals surface area contributed by atoms with E-state index in [4.69, 9.17) is 0 Å². The highest BCUT2D eigenvalue weighted by atomic mass is 19.3. The van der Waals surface area contributed by atoms with Gasteiger partial charge in [-0.05, 0) is 31.0 Å². The molecule has 0 aliphatic heterocycles. The molecule has 9 heteroatoms. The van der Waals surface area contributed by atoms with Crippen molar-refractivity contribution in [1.29, 1.82) is 0 Å². The number of fused-ring (bicyclic) bond motifs is 1. The van der Waals surface area contributed by atoms with Gasteiger partial charge >= 0.3 is 0 Å². The third-order valence-corrected chi connectivity index (χ3v) is 5.83. The summed E-state index contributed by atoms with van der Waals surface area (Å²) in [5, 5.41) is 13.2. The van der Waals surface area contributed by atoms with Gasteiger partial charge in [-0.1, -0.05) is 13.3 Å². The molecular weight excluding hydrogens is 418 g/mol. The van der Waals surface area contributed by atoms with Gasteiger partial charge in [0.15, 0.2) is 0 Å². The number of rotatable bonds is 6. The molecule has 0 saturated heterocycles. The third-order valence-electron chi connectivity index (χ3n) is 5.83. The summed E-state index contributed by atoms with van der Waals surface area (Å²) in [4.78, 5) is 33.5. The van der Waals surface area contributed by atoms with Crippen molar-refractivity contribution < 1.29 is 18.7 Å². The number of aromatic nitrogens is 3. The minimum atomic E-state index is -2.96. The zero-order valence-corrected chi connectivity index (χ0v) is 18.0. The molecule has 1 amide bonds. The lowest BCUT2D eigenvalue weighted by Crippen LogP contribution is -2.21. The van der Waals surface area contributed by atoms with Gasteiger partial charge in [-0.3, -0.25) is 14.6 Å². The van der Waals surface area contributed by atoms with Crippen molar-refractivity contribution in [3.05, 3.63) is 52.2 Å². The van der Waals surface area contributed by atoms with E-state index in [1.165, 1.54) is 16.8 Å². The average molecular weight is 442 g/mol. The number of carbonyl (C=O) groups is 1. The Hall–Kier alpha value is -3.20. The van der Waals surface area contributed by atoms with E-state index in [0.717, 1.165) is 12.0 Å². The number of aliphatic hydroxyl groups excluding tert-OH is 1. The second-order valence-electron chi connectivity index (χ2n) is 8.29. The van der Waals surface area contributed by atoms with Crippen molar-refractivity contribution in [1.82, 2.24) is 14.5 Å². The summed E-state index contributed by atoms with van der Waals surface area (Å²) in [6, 6.07) is 4.97. The Kier molecular flexibility index (Phi) is 5.54. The number of nitrogens with zero attached hydrogens (tertiary/aromatic N) is 3. The number of aryl methyl sites for hydroxylation is 2. The normalized spacial score (nSPS) is 17.9. The van der Waals surface area contributed by atoms with Gasteiger partial charge in [0.05, 0.1) is 17.3 Å². The fourth-order valence-electron chi connectivity index (χ4n) is 3.80. The lowest BCUT2D eigenvalue weighted by molar-refractivity contribution is -0.119. The number of alkyl halides is 2. The van der Waals surface area contributed by atoms with Gasteiger partial charge in [-0.15, -0.1) is 0 Å². The maximum atomic E-state index is 13.1. The van der Waals surface area contributed by atoms with Crippen molar-refractivity contribution >= 4 is 22.6 Å². The standard InChI is InChI=1S/C23H24F2N4O3/c1-4-5-19(30)17-6-12(2)15(11-26-17)14-7-13-10-27-20(8-18(13)29(3)22(14)32)28-21(31)16-9-23(16,24)25/h6-8,10-11,16,19,30H,4-5,9H2,1-3H3,(H,27,28,31)/t16-,19+/m1/s1. The summed E-state index contributed by atoms with van der Waals surface area (Å²) in [5.41, 5.74) is 2.68. The highest BCUT2D eigenvalue weighted by Gasteiger charge is 2.61. The molecule has 4 rings (SSSR count). The van der Waals surface area contributed by atoms with Gasteiger partial charge in [-0.25, -0.2) is 13.8 Å². The predicted octanol–water partition coefficient (Wildman–Crippen LogP) is 3.73. The molecule has 1 saturated carbocycles. The van der Waals surface area contributed by atoms with Gasteiger partial charge in [0, 0.05) is 48.4 Å². The third kappa shape index (κ3) is 4.00. The highest BCUT2D eigenvalue weighted by molar-refractivity contribution is 5.96. The molecule has 2 N–H and O–H groups in total. The molecule has 1 fully saturated rings. The van der Waals surface area contributed by atoms with Crippen molar-refractivity contribution in [3.8, 4) is 11.1 Å². The average Bonchev–Trinajstić information content (AvgIpc) is 3.40. The second-order valence-corrected chi connectivity index (χ2v) is 8.29. The minimum absolute atomic E-state index is 0.111. The van der Waals surface area contributed by atoms with Crippen LogP contribution < -0.4 is 10.9 Å². The molecule has 1 aliphatic carbocycles. The smallest absolute Gasteiger partial charge is 0.260 e. The molecule has 168 valence electrons. The van der Waals surface area contributed by atoms with Gasteiger partial charge < -0.3 is 15.0 Å². The first-order chi connectivity index (χ1) is 15.1. The Morgan fingerprint density at radius 3 is 2.62 bits per heavy atom. The predicted molar refractivity (Wildman–Crippen MR) is 117 cm³/mol. The Morgan fingerprint density at radius 2 is 2.00 bits per heavy atom. The van der Waals surface area contributed by atoms with Crippen LogP contribution in [0, 0.1) is 12.8 Å². The number of aliphatic hydroxyl groups is 1. The fourth-order valence-corrected chi connectivity index (χ4v) is 3.80. The van der Waals surface area contributed by atoms with Crippen LogP contribution in [0.5, 0.6) is 0 Å². The van der Waals surface area contributed by atoms with Gasteiger partial charge in [0.25, 0.3) is 11.5 Å². The lowest BCUT2D eigenvalue weighted by atomic mass is 10.0. The molecule has 0 unspecified atom stereocenters. The largest absolute Gasteiger partial charge is 0.387 e. The van der Waals surface area contributed by atoms with Crippen LogP contribution >= 0.6 is 0 Å². The van der Waals surface area contributed by atoms with Crippen molar-refractivity contribution in [3.63, 3.8) is 0 Å². The summed E-state index contributed by atoms with van der Waals surface area (Å²) in [7, 11) is 1.59. The van der Waals surface area contributed by atoms with Crippen LogP contribution in [0.1, 0.15) is 43.5 Å². The molecule has 0 radical (unpaired) electrons. The molecule has 0 spiro atoms. The van der Waals surface area contributed by atoms with Crippen LogP contribution in [0.2, 0.25) is 0 Å². The maximum Gasteiger partial charge on any atom is 0.260 e. The Labute approximate surface area is 183 Å². The molecule has 2 atom stereocenters. The molecule has 3 aromatic rings. The summed E-state index contributed by atoms with van der Waals surface area (Å²) in [5.74, 6) is -4.97. The van der Waals surface area contributed by atoms with Crippen LogP contribution in [-0.4, -0.2) is 31.5 Å². The summed E-state index contributed by atoms with van der Waals surface area (Å²) in [6.07, 6.45) is 3.39. The number of nitrogens with one attached hydrogen (secondary N) is 1. The zero-order chi connectivity index (χ0) is 23.2. The minimum Gasteiger partial charge on any atom is -0.387 e. The lowest BCUT2D eigenvalue weighted by Gasteiger charge is -2.14. The highest BCUT2D eigenvalue weighted by Crippen LogP contribution is 2.49. The van der Waals surface area contributed by atoms with E-state index in [-0.39, 0.29) is 11.4 Å². The van der Waals surface area contributed by atoms with Gasteiger partial charge in [-0.2, -0.15) is 0 Å². The molecule has 1 aliphatic rings. The monoisotopic (exact) mass is 442 g/mol. The Bertz CT molecular complexity index is 1270. The van der Waals surface area contributed by atoms with Crippen molar-refractivity contribution in [2.75, 3.05) is 5.32 Å². The Morgan fingerprint density at radius 1 is 1.28 bits per heavy atom. The van der Waals surface area contributed by atoms with E-state index in [1.807, 2.05) is 13.8 Å². The van der Waals surface area contributed by atoms with Crippen molar-refractivity contribution in [2.24, 2.45) is 13.0 Å². The summed E-state index contributed by atoms with van der Waals surface area (Å²) < 4.78 is 27.7. The number of anilines is 1.